The van der Waals surface area contributed by atoms with Crippen molar-refractivity contribution in [1.82, 2.24) is 0 Å². The molecule has 0 unspecified atom stereocenters. The molecular weight excluding hydrogens is 316 g/mol. The molecule has 1 N–H and O–H groups in total. The number of hydrogen-bond donors (Lipinski definition) is 1. The number of carbonyl (C=O) groups excluding carboxylic acids is 1. The van der Waals surface area contributed by atoms with E-state index in [0.717, 1.165) is 18.8 Å². The molecule has 5 nitrogen and oxygen atoms in total. The number of nitriles is 1. The van der Waals surface area contributed by atoms with E-state index in [9.17, 15) is 15.2 Å². The van der Waals surface area contributed by atoms with Crippen LogP contribution in [0, 0.1) is 11.3 Å². The summed E-state index contributed by atoms with van der Waals surface area (Å²) < 4.78 is 5.34. The molecule has 0 radical (unpaired) electrons. The van der Waals surface area contributed by atoms with E-state index in [2.05, 4.69) is 4.90 Å². The standard InChI is InChI=1S/C20H18N2O3/c21-14-17(13-15-1-7-19(23)8-2-15)20(24)16-3-5-18(6-4-16)22-9-11-25-12-10-22/h1-8,13,23H,9-12H2/b17-13+. The Balaban J connectivity index is 1.78. The molecule has 0 amide bonds. The van der Waals surface area contributed by atoms with Crippen LogP contribution < -0.4 is 4.90 Å². The summed E-state index contributed by atoms with van der Waals surface area (Å²) in [4.78, 5) is 14.8. The summed E-state index contributed by atoms with van der Waals surface area (Å²) in [5, 5.41) is 18.6. The third kappa shape index (κ3) is 4.06. The summed E-state index contributed by atoms with van der Waals surface area (Å²) >= 11 is 0. The number of phenols is 1. The van der Waals surface area contributed by atoms with E-state index < -0.39 is 0 Å². The molecule has 1 fully saturated rings. The fourth-order valence-corrected chi connectivity index (χ4v) is 2.69. The van der Waals surface area contributed by atoms with Crippen molar-refractivity contribution in [3.8, 4) is 11.8 Å². The number of Topliss-reactive ketones (excluding diaryl/α,β-unsaturated/α-hetero) is 1. The van der Waals surface area contributed by atoms with E-state index in [-0.39, 0.29) is 17.1 Å². The molecule has 126 valence electrons. The predicted octanol–water partition coefficient (Wildman–Crippen LogP) is 3.02. The summed E-state index contributed by atoms with van der Waals surface area (Å²) in [6, 6.07) is 15.6. The number of carbonyl (C=O) groups is 1. The van der Waals surface area contributed by atoms with E-state index in [1.807, 2.05) is 18.2 Å². The zero-order valence-electron chi connectivity index (χ0n) is 13.7. The second-order valence-electron chi connectivity index (χ2n) is 5.74. The number of allylic oxidation sites excluding steroid dienone is 1. The second kappa shape index (κ2) is 7.65. The van der Waals surface area contributed by atoms with Gasteiger partial charge in [-0.25, -0.2) is 0 Å². The summed E-state index contributed by atoms with van der Waals surface area (Å²) in [5.41, 5.74) is 2.27. The van der Waals surface area contributed by atoms with Gasteiger partial charge in [-0.05, 0) is 48.0 Å². The van der Waals surface area contributed by atoms with Crippen LogP contribution in [0.3, 0.4) is 0 Å². The minimum absolute atomic E-state index is 0.0600. The van der Waals surface area contributed by atoms with Gasteiger partial charge in [0.15, 0.2) is 0 Å². The highest BCUT2D eigenvalue weighted by atomic mass is 16.5. The van der Waals surface area contributed by atoms with E-state index in [4.69, 9.17) is 4.74 Å². The first-order chi connectivity index (χ1) is 12.2. The molecular formula is C20H18N2O3. The van der Waals surface area contributed by atoms with Crippen LogP contribution in [0.4, 0.5) is 5.69 Å². The number of anilines is 1. The van der Waals surface area contributed by atoms with E-state index in [1.165, 1.54) is 18.2 Å². The van der Waals surface area contributed by atoms with Crippen LogP contribution in [-0.2, 0) is 4.74 Å². The predicted molar refractivity (Wildman–Crippen MR) is 95.5 cm³/mol. The molecule has 1 saturated heterocycles. The number of hydrogen-bond acceptors (Lipinski definition) is 5. The lowest BCUT2D eigenvalue weighted by Gasteiger charge is -2.28. The van der Waals surface area contributed by atoms with Gasteiger partial charge in [-0.2, -0.15) is 5.26 Å². The molecule has 2 aromatic rings. The third-order valence-corrected chi connectivity index (χ3v) is 4.07. The number of ketones is 1. The number of ether oxygens (including phenoxy) is 1. The van der Waals surface area contributed by atoms with E-state index >= 15 is 0 Å². The second-order valence-corrected chi connectivity index (χ2v) is 5.74. The molecule has 1 heterocycles. The van der Waals surface area contributed by atoms with Crippen molar-refractivity contribution in [2.75, 3.05) is 31.2 Å². The lowest BCUT2D eigenvalue weighted by Crippen LogP contribution is -2.36. The smallest absolute Gasteiger partial charge is 0.203 e. The summed E-state index contributed by atoms with van der Waals surface area (Å²) in [5.74, 6) is -0.176. The van der Waals surface area contributed by atoms with Crippen LogP contribution in [0.25, 0.3) is 6.08 Å². The number of nitrogens with zero attached hydrogens (tertiary/aromatic N) is 2. The summed E-state index contributed by atoms with van der Waals surface area (Å²) in [7, 11) is 0. The highest BCUT2D eigenvalue weighted by Gasteiger charge is 2.14. The maximum atomic E-state index is 12.6. The van der Waals surface area contributed by atoms with Crippen LogP contribution in [-0.4, -0.2) is 37.2 Å². The van der Waals surface area contributed by atoms with Gasteiger partial charge in [0.05, 0.1) is 13.2 Å². The maximum Gasteiger partial charge on any atom is 0.203 e. The first-order valence-corrected chi connectivity index (χ1v) is 8.05. The highest BCUT2D eigenvalue weighted by molar-refractivity contribution is 6.14. The normalized spacial score (nSPS) is 14.8. The van der Waals surface area contributed by atoms with Crippen molar-refractivity contribution >= 4 is 17.5 Å². The quantitative estimate of drug-likeness (QED) is 0.528. The summed E-state index contributed by atoms with van der Waals surface area (Å²) in [6.45, 7) is 3.07. The number of morpholine rings is 1. The minimum Gasteiger partial charge on any atom is -0.508 e. The Bertz CT molecular complexity index is 812. The molecule has 0 atom stereocenters. The Kier molecular flexibility index (Phi) is 5.12. The van der Waals surface area contributed by atoms with Crippen LogP contribution in [0.5, 0.6) is 5.75 Å². The lowest BCUT2D eigenvalue weighted by molar-refractivity contribution is 0.104. The molecule has 0 aliphatic carbocycles. The SMILES string of the molecule is N#C/C(=C\c1ccc(O)cc1)C(=O)c1ccc(N2CCOCC2)cc1. The Labute approximate surface area is 146 Å². The van der Waals surface area contributed by atoms with Crippen molar-refractivity contribution in [2.24, 2.45) is 0 Å². The van der Waals surface area contributed by atoms with Gasteiger partial charge in [-0.15, -0.1) is 0 Å². The number of benzene rings is 2. The zero-order chi connectivity index (χ0) is 17.6. The van der Waals surface area contributed by atoms with Gasteiger partial charge in [0.25, 0.3) is 0 Å². The van der Waals surface area contributed by atoms with Crippen molar-refractivity contribution < 1.29 is 14.6 Å². The fourth-order valence-electron chi connectivity index (χ4n) is 2.69. The molecule has 1 aliphatic rings. The average Bonchev–Trinajstić information content (AvgIpc) is 2.68. The molecule has 0 spiro atoms. The van der Waals surface area contributed by atoms with Crippen molar-refractivity contribution in [1.29, 1.82) is 5.26 Å². The molecule has 0 aromatic heterocycles. The topological polar surface area (TPSA) is 73.6 Å². The van der Waals surface area contributed by atoms with Crippen LogP contribution >= 0.6 is 0 Å². The molecule has 25 heavy (non-hydrogen) atoms. The third-order valence-electron chi connectivity index (χ3n) is 4.07. The number of aromatic hydroxyl groups is 1. The number of phenolic OH excluding ortho intramolecular Hbond substituents is 1. The average molecular weight is 334 g/mol. The van der Waals surface area contributed by atoms with E-state index in [1.54, 1.807) is 24.3 Å². The van der Waals surface area contributed by atoms with Gasteiger partial charge in [-0.3, -0.25) is 4.79 Å². The molecule has 5 heteroatoms. The van der Waals surface area contributed by atoms with Gasteiger partial charge in [0.1, 0.15) is 17.4 Å². The van der Waals surface area contributed by atoms with Gasteiger partial charge in [-0.1, -0.05) is 12.1 Å². The maximum absolute atomic E-state index is 12.6. The molecule has 1 aliphatic heterocycles. The van der Waals surface area contributed by atoms with Crippen LogP contribution in [0.15, 0.2) is 54.1 Å². The molecule has 2 aromatic carbocycles. The first-order valence-electron chi connectivity index (χ1n) is 8.05. The highest BCUT2D eigenvalue weighted by Crippen LogP contribution is 2.19. The van der Waals surface area contributed by atoms with Gasteiger partial charge >= 0.3 is 0 Å². The van der Waals surface area contributed by atoms with Gasteiger partial charge in [0, 0.05) is 24.3 Å². The van der Waals surface area contributed by atoms with Crippen LogP contribution in [0.1, 0.15) is 15.9 Å². The largest absolute Gasteiger partial charge is 0.508 e. The summed E-state index contributed by atoms with van der Waals surface area (Å²) in [6.07, 6.45) is 1.53. The van der Waals surface area contributed by atoms with Crippen molar-refractivity contribution in [2.45, 2.75) is 0 Å². The van der Waals surface area contributed by atoms with Crippen molar-refractivity contribution in [3.63, 3.8) is 0 Å². The molecule has 0 saturated carbocycles. The van der Waals surface area contributed by atoms with E-state index in [0.29, 0.717) is 24.3 Å². The number of rotatable bonds is 4. The van der Waals surface area contributed by atoms with Gasteiger partial charge < -0.3 is 14.7 Å². The Morgan fingerprint density at radius 2 is 1.72 bits per heavy atom. The van der Waals surface area contributed by atoms with Crippen molar-refractivity contribution in [3.05, 3.63) is 65.2 Å². The zero-order valence-corrected chi connectivity index (χ0v) is 13.7. The first kappa shape index (κ1) is 16.7. The van der Waals surface area contributed by atoms with Crippen LogP contribution in [0.2, 0.25) is 0 Å². The molecule has 3 rings (SSSR count). The lowest BCUT2D eigenvalue weighted by atomic mass is 10.0. The monoisotopic (exact) mass is 334 g/mol. The Morgan fingerprint density at radius 1 is 1.08 bits per heavy atom. The Hall–Kier alpha value is -3.10. The molecule has 0 bridgehead atoms. The fraction of sp³-hybridized carbons (Fsp3) is 0.200. The minimum atomic E-state index is -0.316. The van der Waals surface area contributed by atoms with Gasteiger partial charge in [0.2, 0.25) is 5.78 Å². The Morgan fingerprint density at radius 3 is 2.32 bits per heavy atom.